The van der Waals surface area contributed by atoms with Crippen LogP contribution in [-0.2, 0) is 0 Å². The molecule has 2 aromatic rings. The monoisotopic (exact) mass is 271 g/mol. The fourth-order valence-corrected chi connectivity index (χ4v) is 2.35. The lowest BCUT2D eigenvalue weighted by Gasteiger charge is -2.10. The number of aryl methyl sites for hydroxylation is 1. The van der Waals surface area contributed by atoms with Gasteiger partial charge in [-0.05, 0) is 44.0 Å². The zero-order valence-electron chi connectivity index (χ0n) is 11.8. The van der Waals surface area contributed by atoms with Crippen molar-refractivity contribution in [3.8, 4) is 16.9 Å². The molecule has 2 aromatic carbocycles. The molecule has 0 aromatic heterocycles. The third-order valence-electron chi connectivity index (χ3n) is 3.27. The zero-order valence-corrected chi connectivity index (χ0v) is 11.8. The van der Waals surface area contributed by atoms with Crippen LogP contribution in [0, 0.1) is 24.0 Å². The Balaban J connectivity index is 2.56. The van der Waals surface area contributed by atoms with Crippen molar-refractivity contribution in [1.82, 2.24) is 0 Å². The fourth-order valence-electron chi connectivity index (χ4n) is 2.35. The maximum atomic E-state index is 11.2. The Morgan fingerprint density at radius 3 is 2.60 bits per heavy atom. The molecule has 0 saturated carbocycles. The Morgan fingerprint density at radius 1 is 1.20 bits per heavy atom. The second-order valence-electron chi connectivity index (χ2n) is 4.62. The minimum absolute atomic E-state index is 0.185. The number of benzene rings is 2. The molecule has 0 heterocycles. The number of hydrogen-bond donors (Lipinski definition) is 0. The molecule has 0 radical (unpaired) electrons. The normalized spacial score (nSPS) is 10.3. The molecule has 0 aliphatic heterocycles. The van der Waals surface area contributed by atoms with Crippen molar-refractivity contribution in [1.29, 1.82) is 0 Å². The first-order valence-electron chi connectivity index (χ1n) is 6.52. The predicted molar refractivity (Wildman–Crippen MR) is 79.2 cm³/mol. The van der Waals surface area contributed by atoms with Gasteiger partial charge in [-0.25, -0.2) is 0 Å². The molecule has 20 heavy (non-hydrogen) atoms. The van der Waals surface area contributed by atoms with Gasteiger partial charge in [-0.2, -0.15) is 0 Å². The molecule has 0 saturated heterocycles. The quantitative estimate of drug-likeness (QED) is 0.616. The van der Waals surface area contributed by atoms with Crippen molar-refractivity contribution in [2.45, 2.75) is 20.8 Å². The van der Waals surface area contributed by atoms with Crippen LogP contribution < -0.4 is 4.74 Å². The zero-order chi connectivity index (χ0) is 14.7. The molecule has 0 bridgehead atoms. The van der Waals surface area contributed by atoms with E-state index >= 15 is 0 Å². The molecule has 0 fully saturated rings. The van der Waals surface area contributed by atoms with Gasteiger partial charge in [0.2, 0.25) is 0 Å². The number of ether oxygens (including phenoxy) is 1. The summed E-state index contributed by atoms with van der Waals surface area (Å²) in [6.07, 6.45) is 0. The maximum absolute atomic E-state index is 11.2. The molecule has 4 nitrogen and oxygen atoms in total. The van der Waals surface area contributed by atoms with E-state index in [4.69, 9.17) is 4.74 Å². The molecule has 0 atom stereocenters. The average Bonchev–Trinajstić information content (AvgIpc) is 2.39. The topological polar surface area (TPSA) is 52.4 Å². The number of nitro groups is 1. The van der Waals surface area contributed by atoms with E-state index in [0.717, 1.165) is 16.9 Å². The lowest BCUT2D eigenvalue weighted by atomic mass is 9.96. The van der Waals surface area contributed by atoms with Gasteiger partial charge in [-0.3, -0.25) is 10.1 Å². The Kier molecular flexibility index (Phi) is 4.03. The van der Waals surface area contributed by atoms with Gasteiger partial charge in [0.1, 0.15) is 5.75 Å². The van der Waals surface area contributed by atoms with Crippen molar-refractivity contribution in [3.05, 3.63) is 57.6 Å². The first kappa shape index (κ1) is 14.1. The molecule has 0 N–H and O–H groups in total. The van der Waals surface area contributed by atoms with Crippen LogP contribution in [-0.4, -0.2) is 11.5 Å². The smallest absolute Gasteiger partial charge is 0.275 e. The number of nitrogens with zero attached hydrogens (tertiary/aromatic N) is 1. The molecule has 4 heteroatoms. The summed E-state index contributed by atoms with van der Waals surface area (Å²) in [6.45, 7) is 6.06. The van der Waals surface area contributed by atoms with Gasteiger partial charge >= 0.3 is 0 Å². The van der Waals surface area contributed by atoms with Gasteiger partial charge in [-0.15, -0.1) is 0 Å². The van der Waals surface area contributed by atoms with E-state index in [1.54, 1.807) is 19.9 Å². The van der Waals surface area contributed by atoms with Crippen LogP contribution >= 0.6 is 0 Å². The van der Waals surface area contributed by atoms with E-state index in [-0.39, 0.29) is 10.6 Å². The van der Waals surface area contributed by atoms with Gasteiger partial charge in [-0.1, -0.05) is 24.3 Å². The van der Waals surface area contributed by atoms with Crippen LogP contribution in [0.2, 0.25) is 0 Å². The van der Waals surface area contributed by atoms with E-state index < -0.39 is 0 Å². The molecule has 0 unspecified atom stereocenters. The first-order chi connectivity index (χ1) is 9.54. The third-order valence-corrected chi connectivity index (χ3v) is 3.27. The van der Waals surface area contributed by atoms with Crippen LogP contribution in [0.1, 0.15) is 18.1 Å². The summed E-state index contributed by atoms with van der Waals surface area (Å²) < 4.78 is 5.48. The van der Waals surface area contributed by atoms with Crippen LogP contribution in [0.3, 0.4) is 0 Å². The summed E-state index contributed by atoms with van der Waals surface area (Å²) >= 11 is 0. The van der Waals surface area contributed by atoms with Crippen molar-refractivity contribution in [3.63, 3.8) is 0 Å². The SMILES string of the molecule is CCOc1cccc(-c2ccc(C)c([N+](=O)[O-])c2C)c1. The summed E-state index contributed by atoms with van der Waals surface area (Å²) in [7, 11) is 0. The largest absolute Gasteiger partial charge is 0.494 e. The third kappa shape index (κ3) is 2.64. The molecule has 0 aliphatic rings. The van der Waals surface area contributed by atoms with E-state index in [9.17, 15) is 10.1 Å². The van der Waals surface area contributed by atoms with Crippen molar-refractivity contribution in [2.75, 3.05) is 6.61 Å². The van der Waals surface area contributed by atoms with Gasteiger partial charge in [0.05, 0.1) is 11.5 Å². The highest BCUT2D eigenvalue weighted by Gasteiger charge is 2.18. The molecule has 2 rings (SSSR count). The van der Waals surface area contributed by atoms with Crippen molar-refractivity contribution >= 4 is 5.69 Å². The number of rotatable bonds is 4. The Hall–Kier alpha value is -2.36. The molecule has 0 spiro atoms. The standard InChI is InChI=1S/C16H17NO3/c1-4-20-14-7-5-6-13(10-14)15-9-8-11(2)16(12(15)3)17(18)19/h5-10H,4H2,1-3H3. The van der Waals surface area contributed by atoms with Gasteiger partial charge < -0.3 is 4.74 Å². The summed E-state index contributed by atoms with van der Waals surface area (Å²) in [5, 5.41) is 11.2. The summed E-state index contributed by atoms with van der Waals surface area (Å²) in [5.74, 6) is 0.771. The molecular weight excluding hydrogens is 254 g/mol. The summed E-state index contributed by atoms with van der Waals surface area (Å²) in [4.78, 5) is 10.9. The minimum Gasteiger partial charge on any atom is -0.494 e. The highest BCUT2D eigenvalue weighted by atomic mass is 16.6. The molecule has 104 valence electrons. The molecular formula is C16H17NO3. The van der Waals surface area contributed by atoms with E-state index in [0.29, 0.717) is 17.7 Å². The van der Waals surface area contributed by atoms with E-state index in [1.165, 1.54) is 0 Å². The summed E-state index contributed by atoms with van der Waals surface area (Å²) in [5.41, 5.74) is 3.34. The van der Waals surface area contributed by atoms with Crippen molar-refractivity contribution < 1.29 is 9.66 Å². The van der Waals surface area contributed by atoms with Crippen LogP contribution in [0.15, 0.2) is 36.4 Å². The maximum Gasteiger partial charge on any atom is 0.275 e. The predicted octanol–water partition coefficient (Wildman–Crippen LogP) is 4.28. The minimum atomic E-state index is -0.319. The van der Waals surface area contributed by atoms with Gasteiger partial charge in [0.15, 0.2) is 0 Å². The average molecular weight is 271 g/mol. The molecule has 0 amide bonds. The van der Waals surface area contributed by atoms with E-state index in [2.05, 4.69) is 0 Å². The van der Waals surface area contributed by atoms with Crippen LogP contribution in [0.5, 0.6) is 5.75 Å². The summed E-state index contributed by atoms with van der Waals surface area (Å²) in [6, 6.07) is 11.3. The van der Waals surface area contributed by atoms with Crippen LogP contribution in [0.25, 0.3) is 11.1 Å². The van der Waals surface area contributed by atoms with Gasteiger partial charge in [0, 0.05) is 11.1 Å². The van der Waals surface area contributed by atoms with Crippen molar-refractivity contribution in [2.24, 2.45) is 0 Å². The number of nitro benzene ring substituents is 1. The highest BCUT2D eigenvalue weighted by molar-refractivity contribution is 5.73. The van der Waals surface area contributed by atoms with E-state index in [1.807, 2.05) is 37.3 Å². The Morgan fingerprint density at radius 2 is 1.95 bits per heavy atom. The molecule has 0 aliphatic carbocycles. The van der Waals surface area contributed by atoms with Gasteiger partial charge in [0.25, 0.3) is 5.69 Å². The second kappa shape index (κ2) is 5.74. The number of hydrogen-bond acceptors (Lipinski definition) is 3. The van der Waals surface area contributed by atoms with Crippen LogP contribution in [0.4, 0.5) is 5.69 Å². The highest BCUT2D eigenvalue weighted by Crippen LogP contribution is 2.33. The fraction of sp³-hybridized carbons (Fsp3) is 0.250. The Bertz CT molecular complexity index is 650. The second-order valence-corrected chi connectivity index (χ2v) is 4.62. The lowest BCUT2D eigenvalue weighted by molar-refractivity contribution is -0.386. The Labute approximate surface area is 118 Å². The lowest BCUT2D eigenvalue weighted by Crippen LogP contribution is -1.97. The first-order valence-corrected chi connectivity index (χ1v) is 6.52.